The van der Waals surface area contributed by atoms with E-state index in [0.29, 0.717) is 22.9 Å². The van der Waals surface area contributed by atoms with Gasteiger partial charge in [-0.15, -0.1) is 0 Å². The van der Waals surface area contributed by atoms with Gasteiger partial charge in [-0.1, -0.05) is 13.0 Å². The summed E-state index contributed by atoms with van der Waals surface area (Å²) < 4.78 is 44.3. The maximum Gasteiger partial charge on any atom is 0.416 e. The zero-order chi connectivity index (χ0) is 24.3. The summed E-state index contributed by atoms with van der Waals surface area (Å²) in [5, 5.41) is 3.94. The van der Waals surface area contributed by atoms with Crippen molar-refractivity contribution in [2.45, 2.75) is 57.2 Å². The molecule has 2 aromatic heterocycles. The smallest absolute Gasteiger partial charge is 0.416 e. The first-order valence-corrected chi connectivity index (χ1v) is 11.6. The van der Waals surface area contributed by atoms with Crippen LogP contribution in [0.3, 0.4) is 0 Å². The molecule has 0 radical (unpaired) electrons. The Labute approximate surface area is 196 Å². The number of hydrogen-bond donors (Lipinski definition) is 1. The molecule has 1 aromatic carbocycles. The zero-order valence-corrected chi connectivity index (χ0v) is 19.2. The molecule has 3 aromatic rings. The number of amides is 1. The average Bonchev–Trinajstić information content (AvgIpc) is 2.86. The minimum absolute atomic E-state index is 0.0547. The van der Waals surface area contributed by atoms with Crippen molar-refractivity contribution in [3.05, 3.63) is 65.5 Å². The second-order valence-electron chi connectivity index (χ2n) is 8.82. The van der Waals surface area contributed by atoms with E-state index in [9.17, 15) is 18.0 Å². The molecule has 2 heterocycles. The highest BCUT2D eigenvalue weighted by molar-refractivity contribution is 5.94. The fraction of sp³-hybridized carbons (Fsp3) is 0.423. The summed E-state index contributed by atoms with van der Waals surface area (Å²) in [5.41, 5.74) is 1.25. The van der Waals surface area contributed by atoms with Crippen molar-refractivity contribution in [1.82, 2.24) is 15.3 Å². The lowest BCUT2D eigenvalue weighted by atomic mass is 9.75. The highest BCUT2D eigenvalue weighted by atomic mass is 19.4. The van der Waals surface area contributed by atoms with Gasteiger partial charge in [0.05, 0.1) is 23.8 Å². The van der Waals surface area contributed by atoms with Crippen LogP contribution in [-0.2, 0) is 6.18 Å². The molecule has 1 saturated carbocycles. The predicted molar refractivity (Wildman–Crippen MR) is 124 cm³/mol. The van der Waals surface area contributed by atoms with E-state index in [0.717, 1.165) is 55.2 Å². The summed E-state index contributed by atoms with van der Waals surface area (Å²) in [6, 6.07) is 9.15. The first kappa shape index (κ1) is 24.0. The summed E-state index contributed by atoms with van der Waals surface area (Å²) >= 11 is 0. The number of nitrogens with one attached hydrogen (secondary N) is 1. The molecule has 0 aliphatic heterocycles. The summed E-state index contributed by atoms with van der Waals surface area (Å²) in [7, 11) is 1.53. The monoisotopic (exact) mass is 471 g/mol. The van der Waals surface area contributed by atoms with Crippen LogP contribution < -0.4 is 10.1 Å². The lowest BCUT2D eigenvalue weighted by Gasteiger charge is -2.34. The molecule has 180 valence electrons. The van der Waals surface area contributed by atoms with Crippen LogP contribution in [0.15, 0.2) is 48.8 Å². The highest BCUT2D eigenvalue weighted by Gasteiger charge is 2.32. The van der Waals surface area contributed by atoms with Gasteiger partial charge in [0.1, 0.15) is 0 Å². The van der Waals surface area contributed by atoms with Crippen LogP contribution in [0.5, 0.6) is 5.88 Å². The summed E-state index contributed by atoms with van der Waals surface area (Å²) in [6.07, 6.45) is 3.26. The maximum atomic E-state index is 13.1. The molecule has 1 fully saturated rings. The Bertz CT molecular complexity index is 1140. The summed E-state index contributed by atoms with van der Waals surface area (Å²) in [4.78, 5) is 21.0. The second-order valence-corrected chi connectivity index (χ2v) is 8.82. The number of ether oxygens (including phenoxy) is 1. The van der Waals surface area contributed by atoms with Crippen LogP contribution >= 0.6 is 0 Å². The SMILES string of the molecule is CC[C@H](NC(=O)c1ccc(OC)nc1)[C@H]1CC[C@@H](c2ccnc3cc(C(F)(F)F)ccc32)CC1. The Kier molecular flexibility index (Phi) is 7.05. The minimum Gasteiger partial charge on any atom is -0.481 e. The number of fused-ring (bicyclic) bond motifs is 1. The predicted octanol–water partition coefficient (Wildman–Crippen LogP) is 6.14. The normalized spacial score (nSPS) is 19.6. The number of alkyl halides is 3. The molecular formula is C26H28F3N3O2. The van der Waals surface area contributed by atoms with Gasteiger partial charge in [0, 0.05) is 29.9 Å². The molecule has 4 rings (SSSR count). The quantitative estimate of drug-likeness (QED) is 0.469. The Balaban J connectivity index is 1.42. The average molecular weight is 472 g/mol. The number of benzene rings is 1. The fourth-order valence-electron chi connectivity index (χ4n) is 4.98. The van der Waals surface area contributed by atoms with Crippen molar-refractivity contribution >= 4 is 16.8 Å². The van der Waals surface area contributed by atoms with Gasteiger partial charge in [0.2, 0.25) is 5.88 Å². The van der Waals surface area contributed by atoms with Gasteiger partial charge in [-0.2, -0.15) is 13.2 Å². The van der Waals surface area contributed by atoms with E-state index in [1.807, 2.05) is 6.07 Å². The van der Waals surface area contributed by atoms with Crippen LogP contribution in [0.25, 0.3) is 10.9 Å². The number of carbonyl (C=O) groups excluding carboxylic acids is 1. The number of aromatic nitrogens is 2. The molecule has 0 saturated heterocycles. The molecule has 1 atom stereocenters. The Morgan fingerprint density at radius 3 is 2.50 bits per heavy atom. The van der Waals surface area contributed by atoms with Crippen molar-refractivity contribution in [3.8, 4) is 5.88 Å². The molecule has 34 heavy (non-hydrogen) atoms. The molecule has 1 aliphatic carbocycles. The van der Waals surface area contributed by atoms with Crippen molar-refractivity contribution in [3.63, 3.8) is 0 Å². The molecule has 1 amide bonds. The Hall–Kier alpha value is -3.16. The highest BCUT2D eigenvalue weighted by Crippen LogP contribution is 2.40. The third-order valence-corrected chi connectivity index (χ3v) is 6.85. The molecule has 8 heteroatoms. The van der Waals surface area contributed by atoms with Gasteiger partial charge >= 0.3 is 6.18 Å². The second kappa shape index (κ2) is 9.99. The van der Waals surface area contributed by atoms with E-state index in [1.165, 1.54) is 13.3 Å². The number of methoxy groups -OCH3 is 1. The molecule has 1 aliphatic rings. The van der Waals surface area contributed by atoms with Crippen LogP contribution in [0.4, 0.5) is 13.2 Å². The van der Waals surface area contributed by atoms with Gasteiger partial charge in [-0.3, -0.25) is 9.78 Å². The van der Waals surface area contributed by atoms with Crippen LogP contribution in [0, 0.1) is 5.92 Å². The standard InChI is InChI=1S/C26H28F3N3O2/c1-3-22(32-25(33)18-8-11-24(34-2)31-15-18)17-6-4-16(5-7-17)20-12-13-30-23-14-19(26(27,28)29)9-10-21(20)23/h8-17,22H,3-7H2,1-2H3,(H,32,33)/t16-,17+,22-/m0/s1. The lowest BCUT2D eigenvalue weighted by Crippen LogP contribution is -2.41. The van der Waals surface area contributed by atoms with E-state index >= 15 is 0 Å². The molecule has 0 unspecified atom stereocenters. The molecule has 0 bridgehead atoms. The first-order valence-electron chi connectivity index (χ1n) is 11.6. The van der Waals surface area contributed by atoms with Gasteiger partial charge in [0.25, 0.3) is 5.91 Å². The number of nitrogens with zero attached hydrogens (tertiary/aromatic N) is 2. The first-order chi connectivity index (χ1) is 16.3. The molecule has 0 spiro atoms. The summed E-state index contributed by atoms with van der Waals surface area (Å²) in [5.74, 6) is 0.920. The molecule has 5 nitrogen and oxygen atoms in total. The van der Waals surface area contributed by atoms with Crippen molar-refractivity contribution in [2.75, 3.05) is 7.11 Å². The van der Waals surface area contributed by atoms with Crippen molar-refractivity contribution < 1.29 is 22.7 Å². The Morgan fingerprint density at radius 1 is 1.12 bits per heavy atom. The summed E-state index contributed by atoms with van der Waals surface area (Å²) in [6.45, 7) is 2.07. The van der Waals surface area contributed by atoms with Gasteiger partial charge in [-0.25, -0.2) is 4.98 Å². The number of rotatable bonds is 6. The van der Waals surface area contributed by atoms with Crippen molar-refractivity contribution in [1.29, 1.82) is 0 Å². The third-order valence-electron chi connectivity index (χ3n) is 6.85. The Morgan fingerprint density at radius 2 is 1.88 bits per heavy atom. The minimum atomic E-state index is -4.38. The van der Waals surface area contributed by atoms with E-state index < -0.39 is 11.7 Å². The number of hydrogen-bond acceptors (Lipinski definition) is 4. The van der Waals surface area contributed by atoms with Gasteiger partial charge in [0.15, 0.2) is 0 Å². The van der Waals surface area contributed by atoms with Crippen LogP contribution in [0.1, 0.15) is 66.4 Å². The van der Waals surface area contributed by atoms with Crippen molar-refractivity contribution in [2.24, 2.45) is 5.92 Å². The third kappa shape index (κ3) is 5.16. The van der Waals surface area contributed by atoms with Gasteiger partial charge < -0.3 is 10.1 Å². The lowest BCUT2D eigenvalue weighted by molar-refractivity contribution is -0.137. The van der Waals surface area contributed by atoms with E-state index in [1.54, 1.807) is 24.4 Å². The van der Waals surface area contributed by atoms with Gasteiger partial charge in [-0.05, 0) is 73.8 Å². The number of halogens is 3. The molecular weight excluding hydrogens is 443 g/mol. The number of carbonyl (C=O) groups is 1. The fourth-order valence-corrected chi connectivity index (χ4v) is 4.98. The zero-order valence-electron chi connectivity index (χ0n) is 19.2. The number of pyridine rings is 2. The van der Waals surface area contributed by atoms with E-state index in [2.05, 4.69) is 22.2 Å². The molecule has 1 N–H and O–H groups in total. The van der Waals surface area contributed by atoms with Crippen LogP contribution in [0.2, 0.25) is 0 Å². The largest absolute Gasteiger partial charge is 0.481 e. The maximum absolute atomic E-state index is 13.1. The van der Waals surface area contributed by atoms with E-state index in [-0.39, 0.29) is 17.9 Å². The topological polar surface area (TPSA) is 64.1 Å². The van der Waals surface area contributed by atoms with E-state index in [4.69, 9.17) is 4.74 Å². The van der Waals surface area contributed by atoms with Crippen LogP contribution in [-0.4, -0.2) is 29.0 Å².